The first-order valence-corrected chi connectivity index (χ1v) is 5.65. The van der Waals surface area contributed by atoms with Gasteiger partial charge in [-0.2, -0.15) is 8.78 Å². The van der Waals surface area contributed by atoms with Gasteiger partial charge in [0, 0.05) is 11.6 Å². The van der Waals surface area contributed by atoms with E-state index in [9.17, 15) is 8.78 Å². The molecule has 0 amide bonds. The van der Waals surface area contributed by atoms with E-state index in [1.54, 1.807) is 6.20 Å². The molecule has 0 fully saturated rings. The Morgan fingerprint density at radius 2 is 2.12 bits per heavy atom. The van der Waals surface area contributed by atoms with Crippen LogP contribution in [0.3, 0.4) is 0 Å². The fourth-order valence-electron chi connectivity index (χ4n) is 2.96. The first kappa shape index (κ1) is 10.6. The molecule has 0 saturated heterocycles. The van der Waals surface area contributed by atoms with Crippen LogP contribution in [0.4, 0.5) is 8.78 Å². The fourth-order valence-corrected chi connectivity index (χ4v) is 2.96. The molecule has 2 aromatic heterocycles. The van der Waals surface area contributed by atoms with Crippen LogP contribution >= 0.6 is 0 Å². The first-order chi connectivity index (χ1) is 7.92. The van der Waals surface area contributed by atoms with Gasteiger partial charge in [-0.05, 0) is 17.9 Å². The van der Waals surface area contributed by atoms with Crippen LogP contribution in [0, 0.1) is 11.8 Å². The predicted molar refractivity (Wildman–Crippen MR) is 59.0 cm³/mol. The molecule has 0 aromatic carbocycles. The van der Waals surface area contributed by atoms with E-state index in [2.05, 4.69) is 30.9 Å². The number of hydrogen-bond donors (Lipinski definition) is 0. The van der Waals surface area contributed by atoms with Crippen molar-refractivity contribution in [3.05, 3.63) is 29.2 Å². The predicted octanol–water partition coefficient (Wildman–Crippen LogP) is 2.79. The van der Waals surface area contributed by atoms with Crippen LogP contribution in [-0.4, -0.2) is 14.6 Å². The van der Waals surface area contributed by atoms with Gasteiger partial charge in [-0.1, -0.05) is 20.8 Å². The van der Waals surface area contributed by atoms with Crippen LogP contribution in [0.25, 0.3) is 5.65 Å². The molecule has 1 aliphatic carbocycles. The Bertz CT molecular complexity index is 616. The summed E-state index contributed by atoms with van der Waals surface area (Å²) in [5.74, 6) is -1.71. The maximum Gasteiger partial charge on any atom is 0.271 e. The molecule has 0 bridgehead atoms. The molecule has 0 spiro atoms. The Kier molecular flexibility index (Phi) is 1.89. The van der Waals surface area contributed by atoms with Gasteiger partial charge in [0.1, 0.15) is 0 Å². The van der Waals surface area contributed by atoms with Gasteiger partial charge >= 0.3 is 0 Å². The van der Waals surface area contributed by atoms with Crippen molar-refractivity contribution in [1.29, 1.82) is 0 Å². The number of hydrogen-bond acceptors (Lipinski definition) is 2. The third-order valence-corrected chi connectivity index (χ3v) is 3.57. The van der Waals surface area contributed by atoms with Gasteiger partial charge in [0.05, 0.1) is 5.69 Å². The minimum absolute atomic E-state index is 0.0246. The van der Waals surface area contributed by atoms with Crippen molar-refractivity contribution in [2.75, 3.05) is 0 Å². The Morgan fingerprint density at radius 3 is 2.82 bits per heavy atom. The van der Waals surface area contributed by atoms with Crippen LogP contribution in [-0.2, 0) is 5.41 Å². The highest BCUT2D eigenvalue weighted by molar-refractivity contribution is 5.46. The molecule has 0 N–H and O–H groups in total. The molecular weight excluding hydrogens is 224 g/mol. The summed E-state index contributed by atoms with van der Waals surface area (Å²) in [7, 11) is 0. The van der Waals surface area contributed by atoms with Crippen LogP contribution in [0.5, 0.6) is 0 Å². The lowest BCUT2D eigenvalue weighted by atomic mass is 9.89. The minimum atomic E-state index is -1.08. The molecule has 2 heterocycles. The van der Waals surface area contributed by atoms with E-state index >= 15 is 0 Å². The van der Waals surface area contributed by atoms with E-state index in [0.29, 0.717) is 5.92 Å². The number of fused-ring (bicyclic) bond motifs is 3. The monoisotopic (exact) mass is 237 g/mol. The van der Waals surface area contributed by atoms with Crippen molar-refractivity contribution in [3.8, 4) is 0 Å². The van der Waals surface area contributed by atoms with Gasteiger partial charge < -0.3 is 0 Å². The van der Waals surface area contributed by atoms with Gasteiger partial charge in [-0.25, -0.2) is 9.50 Å². The zero-order chi connectivity index (χ0) is 12.4. The van der Waals surface area contributed by atoms with Gasteiger partial charge in [0.15, 0.2) is 5.65 Å². The maximum absolute atomic E-state index is 13.5. The first-order valence-electron chi connectivity index (χ1n) is 5.65. The number of halogens is 2. The number of rotatable bonds is 0. The van der Waals surface area contributed by atoms with Crippen molar-refractivity contribution >= 4 is 5.65 Å². The molecule has 1 aliphatic rings. The normalized spacial score (nSPS) is 22.1. The zero-order valence-corrected chi connectivity index (χ0v) is 9.96. The van der Waals surface area contributed by atoms with Crippen LogP contribution in [0.1, 0.15) is 44.4 Å². The Morgan fingerprint density at radius 1 is 1.41 bits per heavy atom. The Hall–Kier alpha value is -1.52. The second-order valence-corrected chi connectivity index (χ2v) is 5.39. The summed E-state index contributed by atoms with van der Waals surface area (Å²) in [6.45, 7) is 6.22. The summed E-state index contributed by atoms with van der Waals surface area (Å²) in [6, 6.07) is 0. The second kappa shape index (κ2) is 3.03. The summed E-state index contributed by atoms with van der Waals surface area (Å²) in [6.07, 6.45) is 2.58. The Labute approximate surface area is 97.5 Å². The lowest BCUT2D eigenvalue weighted by Crippen LogP contribution is -2.17. The summed E-state index contributed by atoms with van der Waals surface area (Å²) in [5.41, 5.74) is 1.74. The molecule has 90 valence electrons. The molecular formula is C12H13F2N3. The van der Waals surface area contributed by atoms with Crippen LogP contribution < -0.4 is 0 Å². The zero-order valence-electron chi connectivity index (χ0n) is 9.96. The molecule has 5 heteroatoms. The highest BCUT2D eigenvalue weighted by Gasteiger charge is 2.38. The average Bonchev–Trinajstić information content (AvgIpc) is 2.64. The van der Waals surface area contributed by atoms with Crippen molar-refractivity contribution in [3.63, 3.8) is 0 Å². The molecule has 0 aliphatic heterocycles. The topological polar surface area (TPSA) is 30.2 Å². The lowest BCUT2D eigenvalue weighted by molar-refractivity contribution is 0.462. The molecule has 1 atom stereocenters. The summed E-state index contributed by atoms with van der Waals surface area (Å²) < 4.78 is 28.0. The number of nitrogens with zero attached hydrogens (tertiary/aromatic N) is 3. The van der Waals surface area contributed by atoms with Crippen molar-refractivity contribution in [2.24, 2.45) is 0 Å². The standard InChI is InChI=1S/C12H13F2N3/c1-6-4-12(2,3)9-7(6)5-15-11-8(13)10(14)16-17(9)11/h5-6H,4H2,1-3H3. The Balaban J connectivity index is 2.44. The molecule has 0 radical (unpaired) electrons. The van der Waals surface area contributed by atoms with E-state index in [-0.39, 0.29) is 11.1 Å². The highest BCUT2D eigenvalue weighted by atomic mass is 19.2. The molecule has 1 unspecified atom stereocenters. The van der Waals surface area contributed by atoms with Gasteiger partial charge in [0.2, 0.25) is 5.82 Å². The molecule has 3 nitrogen and oxygen atoms in total. The third-order valence-electron chi connectivity index (χ3n) is 3.57. The highest BCUT2D eigenvalue weighted by Crippen LogP contribution is 2.45. The average molecular weight is 237 g/mol. The van der Waals surface area contributed by atoms with Gasteiger partial charge in [-0.3, -0.25) is 0 Å². The largest absolute Gasteiger partial charge is 0.271 e. The number of aromatic nitrogens is 3. The smallest absolute Gasteiger partial charge is 0.234 e. The van der Waals surface area contributed by atoms with Crippen molar-refractivity contribution in [2.45, 2.75) is 38.5 Å². The van der Waals surface area contributed by atoms with E-state index in [0.717, 1.165) is 17.7 Å². The lowest BCUT2D eigenvalue weighted by Gasteiger charge is -2.19. The summed E-state index contributed by atoms with van der Waals surface area (Å²) in [5, 5.41) is 3.63. The van der Waals surface area contributed by atoms with E-state index in [1.807, 2.05) is 0 Å². The van der Waals surface area contributed by atoms with E-state index < -0.39 is 11.8 Å². The van der Waals surface area contributed by atoms with Gasteiger partial charge in [-0.15, -0.1) is 5.10 Å². The SMILES string of the molecule is CC1CC(C)(C)c2c1cnc1c(F)c(F)nn21. The third kappa shape index (κ3) is 1.25. The minimum Gasteiger partial charge on any atom is -0.234 e. The summed E-state index contributed by atoms with van der Waals surface area (Å²) >= 11 is 0. The fraction of sp³-hybridized carbons (Fsp3) is 0.500. The molecule has 2 aromatic rings. The molecule has 17 heavy (non-hydrogen) atoms. The van der Waals surface area contributed by atoms with Crippen molar-refractivity contribution in [1.82, 2.24) is 14.6 Å². The second-order valence-electron chi connectivity index (χ2n) is 5.39. The molecule has 0 saturated carbocycles. The van der Waals surface area contributed by atoms with Crippen molar-refractivity contribution < 1.29 is 8.78 Å². The summed E-state index contributed by atoms with van der Waals surface area (Å²) in [4.78, 5) is 3.97. The van der Waals surface area contributed by atoms with Gasteiger partial charge in [0.25, 0.3) is 5.95 Å². The quantitative estimate of drug-likeness (QED) is 0.705. The van der Waals surface area contributed by atoms with E-state index in [4.69, 9.17) is 0 Å². The maximum atomic E-state index is 13.5. The van der Waals surface area contributed by atoms with Crippen LogP contribution in [0.2, 0.25) is 0 Å². The van der Waals surface area contributed by atoms with Crippen LogP contribution in [0.15, 0.2) is 6.20 Å². The molecule has 3 rings (SSSR count). The van der Waals surface area contributed by atoms with E-state index in [1.165, 1.54) is 4.52 Å².